The maximum absolute atomic E-state index is 5.81. The molecule has 1 N–H and O–H groups in total. The van der Waals surface area contributed by atoms with Gasteiger partial charge in [0.05, 0.1) is 5.52 Å². The van der Waals surface area contributed by atoms with Crippen LogP contribution in [0.15, 0.2) is 36.5 Å². The lowest BCUT2D eigenvalue weighted by Gasteiger charge is -2.03. The monoisotopic (exact) mass is 273 g/mol. The molecule has 0 atom stereocenters. The van der Waals surface area contributed by atoms with Crippen LogP contribution in [-0.2, 0) is 6.61 Å². The minimum atomic E-state index is 0.372. The lowest BCUT2D eigenvalue weighted by Crippen LogP contribution is -1.97. The zero-order valence-electron chi connectivity index (χ0n) is 10.4. The smallest absolute Gasteiger partial charge is 0.177 e. The Morgan fingerprint density at radius 1 is 1.26 bits per heavy atom. The van der Waals surface area contributed by atoms with Crippen LogP contribution in [0.2, 0.25) is 5.02 Å². The highest BCUT2D eigenvalue weighted by Gasteiger charge is 2.04. The molecule has 0 fully saturated rings. The van der Waals surface area contributed by atoms with Crippen molar-refractivity contribution in [3.63, 3.8) is 0 Å². The van der Waals surface area contributed by atoms with Gasteiger partial charge >= 0.3 is 0 Å². The Morgan fingerprint density at radius 2 is 2.05 bits per heavy atom. The summed E-state index contributed by atoms with van der Waals surface area (Å²) in [5.74, 6) is 1.51. The van der Waals surface area contributed by atoms with E-state index in [1.165, 1.54) is 0 Å². The van der Waals surface area contributed by atoms with Crippen molar-refractivity contribution in [3.05, 3.63) is 52.9 Å². The number of pyridine rings is 1. The molecule has 3 rings (SSSR count). The molecule has 3 aromatic rings. The van der Waals surface area contributed by atoms with Crippen LogP contribution in [0.3, 0.4) is 0 Å². The number of imidazole rings is 1. The molecule has 2 aromatic heterocycles. The highest BCUT2D eigenvalue weighted by Crippen LogP contribution is 2.17. The van der Waals surface area contributed by atoms with Gasteiger partial charge in [-0.1, -0.05) is 11.6 Å². The van der Waals surface area contributed by atoms with Gasteiger partial charge in [-0.2, -0.15) is 0 Å². The number of benzene rings is 1. The fraction of sp³-hybridized carbons (Fsp3) is 0.143. The molecule has 0 amide bonds. The number of hydrogen-bond donors (Lipinski definition) is 1. The zero-order chi connectivity index (χ0) is 13.2. The number of halogens is 1. The van der Waals surface area contributed by atoms with E-state index < -0.39 is 0 Å². The molecule has 5 heteroatoms. The quantitative estimate of drug-likeness (QED) is 0.795. The molecule has 0 aliphatic heterocycles. The Labute approximate surface area is 115 Å². The van der Waals surface area contributed by atoms with Gasteiger partial charge in [-0.25, -0.2) is 9.97 Å². The number of fused-ring (bicyclic) bond motifs is 1. The summed E-state index contributed by atoms with van der Waals surface area (Å²) < 4.78 is 5.63. The minimum absolute atomic E-state index is 0.372. The number of nitrogens with one attached hydrogen (secondary N) is 1. The second kappa shape index (κ2) is 4.90. The van der Waals surface area contributed by atoms with Gasteiger partial charge in [-0.15, -0.1) is 0 Å². The average Bonchev–Trinajstić information content (AvgIpc) is 2.80. The van der Waals surface area contributed by atoms with Gasteiger partial charge in [-0.05, 0) is 42.8 Å². The molecule has 1 aromatic carbocycles. The normalized spacial score (nSPS) is 10.8. The van der Waals surface area contributed by atoms with E-state index in [1.807, 2.05) is 25.1 Å². The van der Waals surface area contributed by atoms with Crippen LogP contribution in [0, 0.1) is 6.92 Å². The van der Waals surface area contributed by atoms with E-state index in [2.05, 4.69) is 15.0 Å². The van der Waals surface area contributed by atoms with E-state index in [-0.39, 0.29) is 0 Å². The number of rotatable bonds is 3. The fourth-order valence-corrected chi connectivity index (χ4v) is 1.93. The summed E-state index contributed by atoms with van der Waals surface area (Å²) in [5.41, 5.74) is 2.73. The molecule has 19 heavy (non-hydrogen) atoms. The van der Waals surface area contributed by atoms with Crippen molar-refractivity contribution in [3.8, 4) is 5.75 Å². The van der Waals surface area contributed by atoms with Crippen LogP contribution in [0.5, 0.6) is 5.75 Å². The van der Waals surface area contributed by atoms with E-state index in [0.717, 1.165) is 22.7 Å². The molecule has 0 spiro atoms. The first-order chi connectivity index (χ1) is 9.20. The standard InChI is InChI=1S/C14H12ClN3O/c1-9-6-12-14(16-7-9)18-13(17-12)8-19-11-4-2-10(15)3-5-11/h2-7H,8H2,1H3,(H,16,17,18). The van der Waals surface area contributed by atoms with Gasteiger partial charge in [0.15, 0.2) is 5.65 Å². The summed E-state index contributed by atoms with van der Waals surface area (Å²) >= 11 is 5.81. The maximum Gasteiger partial charge on any atom is 0.177 e. The summed E-state index contributed by atoms with van der Waals surface area (Å²) in [4.78, 5) is 11.8. The van der Waals surface area contributed by atoms with E-state index in [0.29, 0.717) is 17.3 Å². The molecular formula is C14H12ClN3O. The van der Waals surface area contributed by atoms with Crippen LogP contribution in [0.4, 0.5) is 0 Å². The number of aromatic amines is 1. The van der Waals surface area contributed by atoms with Gasteiger partial charge in [0.2, 0.25) is 0 Å². The van der Waals surface area contributed by atoms with Crippen LogP contribution in [-0.4, -0.2) is 15.0 Å². The van der Waals surface area contributed by atoms with Crippen molar-refractivity contribution >= 4 is 22.8 Å². The molecule has 0 radical (unpaired) electrons. The first-order valence-corrected chi connectivity index (χ1v) is 6.28. The van der Waals surface area contributed by atoms with Gasteiger partial charge < -0.3 is 9.72 Å². The molecule has 2 heterocycles. The Kier molecular flexibility index (Phi) is 3.09. The average molecular weight is 274 g/mol. The Morgan fingerprint density at radius 3 is 2.84 bits per heavy atom. The first kappa shape index (κ1) is 12.0. The Bertz CT molecular complexity index is 706. The lowest BCUT2D eigenvalue weighted by atomic mass is 10.3. The predicted octanol–water partition coefficient (Wildman–Crippen LogP) is 3.50. The van der Waals surface area contributed by atoms with E-state index in [4.69, 9.17) is 16.3 Å². The molecule has 96 valence electrons. The predicted molar refractivity (Wildman–Crippen MR) is 74.4 cm³/mol. The summed E-state index contributed by atoms with van der Waals surface area (Å²) in [7, 11) is 0. The van der Waals surface area contributed by atoms with Gasteiger partial charge in [-0.3, -0.25) is 0 Å². The summed E-state index contributed by atoms with van der Waals surface area (Å²) in [6.45, 7) is 2.37. The summed E-state index contributed by atoms with van der Waals surface area (Å²) in [6.07, 6.45) is 1.80. The number of nitrogens with zero attached hydrogens (tertiary/aromatic N) is 2. The molecular weight excluding hydrogens is 262 g/mol. The zero-order valence-corrected chi connectivity index (χ0v) is 11.1. The molecule has 0 unspecified atom stereocenters. The maximum atomic E-state index is 5.81. The van der Waals surface area contributed by atoms with Crippen molar-refractivity contribution in [2.45, 2.75) is 13.5 Å². The topological polar surface area (TPSA) is 50.8 Å². The summed E-state index contributed by atoms with van der Waals surface area (Å²) in [5, 5.41) is 0.691. The second-order valence-corrected chi connectivity index (χ2v) is 4.75. The first-order valence-electron chi connectivity index (χ1n) is 5.90. The summed E-state index contributed by atoms with van der Waals surface area (Å²) in [6, 6.07) is 9.25. The van der Waals surface area contributed by atoms with Crippen LogP contribution < -0.4 is 4.74 Å². The van der Waals surface area contributed by atoms with Gasteiger partial charge in [0.25, 0.3) is 0 Å². The lowest BCUT2D eigenvalue weighted by molar-refractivity contribution is 0.297. The number of aryl methyl sites for hydroxylation is 1. The van der Waals surface area contributed by atoms with Crippen molar-refractivity contribution in [1.29, 1.82) is 0 Å². The van der Waals surface area contributed by atoms with Crippen LogP contribution in [0.1, 0.15) is 11.4 Å². The van der Waals surface area contributed by atoms with Crippen molar-refractivity contribution < 1.29 is 4.74 Å². The molecule has 0 aliphatic carbocycles. The molecule has 0 saturated carbocycles. The number of ether oxygens (including phenoxy) is 1. The number of H-pyrrole nitrogens is 1. The van der Waals surface area contributed by atoms with E-state index in [1.54, 1.807) is 18.3 Å². The molecule has 0 bridgehead atoms. The van der Waals surface area contributed by atoms with Gasteiger partial charge in [0.1, 0.15) is 18.2 Å². The molecule has 0 saturated heterocycles. The third kappa shape index (κ3) is 2.69. The number of aromatic nitrogens is 3. The molecule has 4 nitrogen and oxygen atoms in total. The van der Waals surface area contributed by atoms with Crippen LogP contribution in [0.25, 0.3) is 11.2 Å². The van der Waals surface area contributed by atoms with Crippen molar-refractivity contribution in [2.75, 3.05) is 0 Å². The third-order valence-electron chi connectivity index (χ3n) is 2.71. The second-order valence-electron chi connectivity index (χ2n) is 4.31. The minimum Gasteiger partial charge on any atom is -0.486 e. The Hall–Kier alpha value is -2.07. The number of hydrogen-bond acceptors (Lipinski definition) is 3. The third-order valence-corrected chi connectivity index (χ3v) is 2.96. The van der Waals surface area contributed by atoms with Crippen LogP contribution >= 0.6 is 11.6 Å². The van der Waals surface area contributed by atoms with E-state index >= 15 is 0 Å². The largest absolute Gasteiger partial charge is 0.486 e. The van der Waals surface area contributed by atoms with E-state index in [9.17, 15) is 0 Å². The highest BCUT2D eigenvalue weighted by atomic mass is 35.5. The van der Waals surface area contributed by atoms with Gasteiger partial charge in [0, 0.05) is 11.2 Å². The van der Waals surface area contributed by atoms with Crippen molar-refractivity contribution in [1.82, 2.24) is 15.0 Å². The SMILES string of the molecule is Cc1cnc2nc(COc3ccc(Cl)cc3)[nH]c2c1. The fourth-order valence-electron chi connectivity index (χ4n) is 1.81. The van der Waals surface area contributed by atoms with Crippen molar-refractivity contribution in [2.24, 2.45) is 0 Å². The highest BCUT2D eigenvalue weighted by molar-refractivity contribution is 6.30. The Balaban J connectivity index is 1.76. The molecule has 0 aliphatic rings.